The molecule has 0 bridgehead atoms. The Morgan fingerprint density at radius 1 is 0.667 bits per heavy atom. The van der Waals surface area contributed by atoms with Gasteiger partial charge in [0.25, 0.3) is 0 Å². The molecule has 0 amide bonds. The summed E-state index contributed by atoms with van der Waals surface area (Å²) < 4.78 is 5.10. The number of alkyl halides is 1. The smallest absolute Gasteiger partial charge is 0.119 e. The third kappa shape index (κ3) is 4.98. The van der Waals surface area contributed by atoms with Gasteiger partial charge in [-0.2, -0.15) is 0 Å². The normalized spacial score (nSPS) is 14.9. The fraction of sp³-hybridized carbons (Fsp3) is 0.250. The van der Waals surface area contributed by atoms with E-state index in [4.69, 9.17) is 16.3 Å². The van der Waals surface area contributed by atoms with Gasteiger partial charge < -0.3 is 9.64 Å². The SMILES string of the molecule is CN1CCOCC1.ClC(c1ccccc1)(c1ccccc1)c1ccccc1. The maximum atomic E-state index is 7.12. The minimum absolute atomic E-state index is 0.649. The van der Waals surface area contributed by atoms with Crippen LogP contribution in [0.3, 0.4) is 0 Å². The van der Waals surface area contributed by atoms with Crippen LogP contribution in [0.5, 0.6) is 0 Å². The lowest BCUT2D eigenvalue weighted by Gasteiger charge is -2.29. The number of benzene rings is 3. The molecule has 3 heteroatoms. The topological polar surface area (TPSA) is 12.5 Å². The average molecular weight is 380 g/mol. The largest absolute Gasteiger partial charge is 0.379 e. The Hall–Kier alpha value is -2.13. The minimum Gasteiger partial charge on any atom is -0.379 e. The summed E-state index contributed by atoms with van der Waals surface area (Å²) in [5, 5.41) is 0. The second kappa shape index (κ2) is 9.70. The molecule has 0 N–H and O–H groups in total. The van der Waals surface area contributed by atoms with Gasteiger partial charge in [0.05, 0.1) is 13.2 Å². The number of rotatable bonds is 3. The number of hydrogen-bond donors (Lipinski definition) is 0. The number of hydrogen-bond acceptors (Lipinski definition) is 2. The molecule has 140 valence electrons. The van der Waals surface area contributed by atoms with E-state index in [0.29, 0.717) is 0 Å². The summed E-state index contributed by atoms with van der Waals surface area (Å²) in [7, 11) is 2.11. The van der Waals surface area contributed by atoms with Gasteiger partial charge in [-0.25, -0.2) is 0 Å². The monoisotopic (exact) mass is 379 g/mol. The van der Waals surface area contributed by atoms with E-state index in [1.807, 2.05) is 54.6 Å². The summed E-state index contributed by atoms with van der Waals surface area (Å²) >= 11 is 7.12. The van der Waals surface area contributed by atoms with Crippen molar-refractivity contribution >= 4 is 11.6 Å². The van der Waals surface area contributed by atoms with E-state index in [1.165, 1.54) is 0 Å². The first-order valence-electron chi connectivity index (χ1n) is 9.33. The molecule has 3 aromatic rings. The highest BCUT2D eigenvalue weighted by molar-refractivity contribution is 6.28. The Balaban J connectivity index is 0.000000253. The van der Waals surface area contributed by atoms with Crippen LogP contribution in [0.4, 0.5) is 0 Å². The third-order valence-corrected chi connectivity index (χ3v) is 5.40. The van der Waals surface area contributed by atoms with Gasteiger partial charge >= 0.3 is 0 Å². The van der Waals surface area contributed by atoms with Gasteiger partial charge in [0.2, 0.25) is 0 Å². The summed E-state index contributed by atoms with van der Waals surface area (Å²) in [5.74, 6) is 0. The predicted octanol–water partition coefficient (Wildman–Crippen LogP) is 5.17. The van der Waals surface area contributed by atoms with Gasteiger partial charge in [-0.05, 0) is 23.7 Å². The standard InChI is InChI=1S/C19H15Cl.C5H11NO/c20-19(16-10-4-1-5-11-16,17-12-6-2-7-13-17)18-14-8-3-9-15-18;1-6-2-4-7-5-3-6/h1-15H;2-5H2,1H3. The summed E-state index contributed by atoms with van der Waals surface area (Å²) in [6.45, 7) is 4.02. The molecule has 0 spiro atoms. The number of halogens is 1. The fourth-order valence-corrected chi connectivity index (χ4v) is 3.54. The van der Waals surface area contributed by atoms with Crippen LogP contribution in [0.25, 0.3) is 0 Å². The van der Waals surface area contributed by atoms with E-state index in [-0.39, 0.29) is 0 Å². The first kappa shape index (κ1) is 19.6. The van der Waals surface area contributed by atoms with Crippen molar-refractivity contribution in [2.75, 3.05) is 33.4 Å². The maximum Gasteiger partial charge on any atom is 0.119 e. The molecule has 2 nitrogen and oxygen atoms in total. The minimum atomic E-state index is -0.649. The fourth-order valence-electron chi connectivity index (χ4n) is 3.16. The lowest BCUT2D eigenvalue weighted by atomic mass is 9.84. The van der Waals surface area contributed by atoms with Crippen LogP contribution in [0.15, 0.2) is 91.0 Å². The lowest BCUT2D eigenvalue weighted by Crippen LogP contribution is -2.32. The van der Waals surface area contributed by atoms with Crippen LogP contribution >= 0.6 is 11.6 Å². The molecule has 1 fully saturated rings. The number of likely N-dealkylation sites (N-methyl/N-ethyl adjacent to an activating group) is 1. The summed E-state index contributed by atoms with van der Waals surface area (Å²) in [4.78, 5) is 1.62. The van der Waals surface area contributed by atoms with Crippen LogP contribution < -0.4 is 0 Å². The van der Waals surface area contributed by atoms with Crippen molar-refractivity contribution in [3.8, 4) is 0 Å². The summed E-state index contributed by atoms with van der Waals surface area (Å²) in [6, 6.07) is 30.6. The molecule has 0 unspecified atom stereocenters. The zero-order valence-corrected chi connectivity index (χ0v) is 16.5. The zero-order valence-electron chi connectivity index (χ0n) is 15.7. The van der Waals surface area contributed by atoms with Gasteiger partial charge in [-0.1, -0.05) is 91.0 Å². The molecule has 0 atom stereocenters. The van der Waals surface area contributed by atoms with Gasteiger partial charge in [-0.15, -0.1) is 11.6 Å². The predicted molar refractivity (Wildman–Crippen MR) is 113 cm³/mol. The first-order chi connectivity index (χ1) is 13.2. The van der Waals surface area contributed by atoms with Crippen molar-refractivity contribution in [3.63, 3.8) is 0 Å². The highest BCUT2D eigenvalue weighted by Gasteiger charge is 2.33. The Labute approximate surface area is 167 Å². The second-order valence-electron chi connectivity index (χ2n) is 6.67. The van der Waals surface area contributed by atoms with Crippen LogP contribution in [0.2, 0.25) is 0 Å². The van der Waals surface area contributed by atoms with E-state index < -0.39 is 4.87 Å². The molecule has 1 aliphatic rings. The Morgan fingerprint density at radius 2 is 1.00 bits per heavy atom. The van der Waals surface area contributed by atoms with E-state index in [2.05, 4.69) is 48.3 Å². The number of nitrogens with zero attached hydrogens (tertiary/aromatic N) is 1. The van der Waals surface area contributed by atoms with Crippen LogP contribution in [-0.2, 0) is 9.61 Å². The quantitative estimate of drug-likeness (QED) is 0.460. The molecule has 27 heavy (non-hydrogen) atoms. The van der Waals surface area contributed by atoms with Gasteiger partial charge in [0, 0.05) is 13.1 Å². The zero-order chi connectivity index (χ0) is 19.0. The van der Waals surface area contributed by atoms with Crippen molar-refractivity contribution < 1.29 is 4.74 Å². The van der Waals surface area contributed by atoms with Crippen LogP contribution in [0.1, 0.15) is 16.7 Å². The molecule has 0 radical (unpaired) electrons. The molecular formula is C24H26ClNO. The summed E-state index contributed by atoms with van der Waals surface area (Å²) in [5.41, 5.74) is 3.25. The number of morpholine rings is 1. The lowest BCUT2D eigenvalue weighted by molar-refractivity contribution is 0.0503. The maximum absolute atomic E-state index is 7.12. The van der Waals surface area contributed by atoms with Crippen LogP contribution in [-0.4, -0.2) is 38.3 Å². The Kier molecular flexibility index (Phi) is 7.05. The molecule has 4 rings (SSSR count). The van der Waals surface area contributed by atoms with Crippen LogP contribution in [0, 0.1) is 0 Å². The van der Waals surface area contributed by atoms with Gasteiger partial charge in [0.1, 0.15) is 4.87 Å². The molecule has 0 aliphatic carbocycles. The van der Waals surface area contributed by atoms with Crippen molar-refractivity contribution in [2.45, 2.75) is 4.87 Å². The van der Waals surface area contributed by atoms with E-state index >= 15 is 0 Å². The molecular weight excluding hydrogens is 354 g/mol. The van der Waals surface area contributed by atoms with E-state index in [9.17, 15) is 0 Å². The summed E-state index contributed by atoms with van der Waals surface area (Å²) in [6.07, 6.45) is 0. The van der Waals surface area contributed by atoms with Crippen molar-refractivity contribution in [3.05, 3.63) is 108 Å². The average Bonchev–Trinajstić information content (AvgIpc) is 2.76. The molecule has 1 aliphatic heterocycles. The van der Waals surface area contributed by atoms with Crippen molar-refractivity contribution in [1.29, 1.82) is 0 Å². The van der Waals surface area contributed by atoms with Gasteiger partial charge in [0.15, 0.2) is 0 Å². The molecule has 0 saturated carbocycles. The highest BCUT2D eigenvalue weighted by Crippen LogP contribution is 2.42. The first-order valence-corrected chi connectivity index (χ1v) is 9.71. The molecule has 3 aromatic carbocycles. The Morgan fingerprint density at radius 3 is 1.26 bits per heavy atom. The Bertz CT molecular complexity index is 690. The van der Waals surface area contributed by atoms with Crippen molar-refractivity contribution in [2.24, 2.45) is 0 Å². The van der Waals surface area contributed by atoms with Gasteiger partial charge in [-0.3, -0.25) is 0 Å². The van der Waals surface area contributed by atoms with E-state index in [0.717, 1.165) is 43.0 Å². The molecule has 1 saturated heterocycles. The number of ether oxygens (including phenoxy) is 1. The second-order valence-corrected chi connectivity index (χ2v) is 7.24. The highest BCUT2D eigenvalue weighted by atomic mass is 35.5. The molecule has 0 aromatic heterocycles. The van der Waals surface area contributed by atoms with Crippen molar-refractivity contribution in [1.82, 2.24) is 4.90 Å². The van der Waals surface area contributed by atoms with E-state index in [1.54, 1.807) is 0 Å². The molecule has 1 heterocycles. The third-order valence-electron chi connectivity index (χ3n) is 4.75.